The first kappa shape index (κ1) is 20.1. The van der Waals surface area contributed by atoms with Gasteiger partial charge in [-0.15, -0.1) is 11.3 Å². The van der Waals surface area contributed by atoms with Crippen molar-refractivity contribution in [3.05, 3.63) is 40.4 Å². The largest absolute Gasteiger partial charge is 0.481 e. The lowest BCUT2D eigenvalue weighted by atomic mass is 10.2. The van der Waals surface area contributed by atoms with E-state index < -0.39 is 6.10 Å². The van der Waals surface area contributed by atoms with Crippen molar-refractivity contribution in [2.75, 3.05) is 18.4 Å². The van der Waals surface area contributed by atoms with Gasteiger partial charge in [0.15, 0.2) is 11.2 Å². The van der Waals surface area contributed by atoms with Crippen molar-refractivity contribution in [1.29, 1.82) is 0 Å². The minimum absolute atomic E-state index is 0.220. The van der Waals surface area contributed by atoms with Gasteiger partial charge >= 0.3 is 0 Å². The van der Waals surface area contributed by atoms with Gasteiger partial charge in [0.2, 0.25) is 0 Å². The molecule has 1 N–H and O–H groups in total. The van der Waals surface area contributed by atoms with E-state index in [1.807, 2.05) is 5.38 Å². The number of carbonyl (C=O) groups is 1. The first-order valence-electron chi connectivity index (χ1n) is 8.94. The van der Waals surface area contributed by atoms with Gasteiger partial charge in [0.25, 0.3) is 5.91 Å². The second-order valence-electron chi connectivity index (χ2n) is 6.80. The van der Waals surface area contributed by atoms with Crippen molar-refractivity contribution in [1.82, 2.24) is 9.88 Å². The summed E-state index contributed by atoms with van der Waals surface area (Å²) in [6.07, 6.45) is -0.200. The minimum Gasteiger partial charge on any atom is -0.481 e. The molecule has 0 unspecified atom stereocenters. The number of benzene rings is 1. The number of thiazole rings is 1. The Balaban J connectivity index is 1.52. The molecule has 6 nitrogen and oxygen atoms in total. The van der Waals surface area contributed by atoms with Crippen LogP contribution < -0.4 is 10.1 Å². The highest BCUT2D eigenvalue weighted by Crippen LogP contribution is 2.21. The quantitative estimate of drug-likeness (QED) is 0.785. The average Bonchev–Trinajstić information content (AvgIpc) is 3.02. The number of rotatable bonds is 6. The highest BCUT2D eigenvalue weighted by molar-refractivity contribution is 7.13. The summed E-state index contributed by atoms with van der Waals surface area (Å²) in [6, 6.07) is 6.92. The molecule has 0 bridgehead atoms. The third-order valence-electron chi connectivity index (χ3n) is 4.16. The number of carbonyl (C=O) groups excluding carboxylic acids is 1. The smallest absolute Gasteiger partial charge is 0.266 e. The van der Waals surface area contributed by atoms with Crippen LogP contribution in [0.3, 0.4) is 0 Å². The Bertz CT molecular complexity index is 758. The van der Waals surface area contributed by atoms with Crippen molar-refractivity contribution < 1.29 is 14.3 Å². The Kier molecular flexibility index (Phi) is 6.70. The first-order chi connectivity index (χ1) is 12.9. The Morgan fingerprint density at radius 2 is 2.04 bits per heavy atom. The van der Waals surface area contributed by atoms with Crippen LogP contribution in [-0.4, -0.2) is 47.2 Å². The molecule has 1 aliphatic rings. The molecule has 1 fully saturated rings. The predicted molar refractivity (Wildman–Crippen MR) is 108 cm³/mol. The second-order valence-corrected chi connectivity index (χ2v) is 8.09. The van der Waals surface area contributed by atoms with Crippen LogP contribution in [0.25, 0.3) is 0 Å². The van der Waals surface area contributed by atoms with Crippen molar-refractivity contribution in [3.8, 4) is 5.75 Å². The summed E-state index contributed by atoms with van der Waals surface area (Å²) >= 11 is 7.27. The fourth-order valence-electron chi connectivity index (χ4n) is 3.06. The molecule has 146 valence electrons. The molecule has 3 rings (SSSR count). The zero-order valence-corrected chi connectivity index (χ0v) is 17.2. The van der Waals surface area contributed by atoms with Crippen molar-refractivity contribution in [2.24, 2.45) is 0 Å². The summed E-state index contributed by atoms with van der Waals surface area (Å²) in [5.74, 6) is 0.358. The van der Waals surface area contributed by atoms with Gasteiger partial charge in [-0.3, -0.25) is 15.0 Å². The number of aromatic nitrogens is 1. The monoisotopic (exact) mass is 409 g/mol. The van der Waals surface area contributed by atoms with Crippen LogP contribution in [0.5, 0.6) is 5.75 Å². The molecule has 1 aliphatic heterocycles. The Labute approximate surface area is 168 Å². The molecule has 1 aromatic carbocycles. The van der Waals surface area contributed by atoms with Gasteiger partial charge in [-0.2, -0.15) is 0 Å². The maximum atomic E-state index is 12.3. The van der Waals surface area contributed by atoms with E-state index in [4.69, 9.17) is 21.1 Å². The molecule has 1 aromatic heterocycles. The SMILES string of the molecule is C[C@@H]1CN(Cc2csc(NC(=O)[C@H](C)Oc3ccc(Cl)cc3)n2)C[C@@H](C)O1. The van der Waals surface area contributed by atoms with Gasteiger partial charge in [0.1, 0.15) is 5.75 Å². The van der Waals surface area contributed by atoms with E-state index in [9.17, 15) is 4.79 Å². The zero-order chi connectivity index (χ0) is 19.4. The lowest BCUT2D eigenvalue weighted by Gasteiger charge is -2.34. The zero-order valence-electron chi connectivity index (χ0n) is 15.6. The number of ether oxygens (including phenoxy) is 2. The molecule has 27 heavy (non-hydrogen) atoms. The lowest BCUT2D eigenvalue weighted by molar-refractivity contribution is -0.122. The molecule has 8 heteroatoms. The second kappa shape index (κ2) is 9.01. The molecule has 2 aromatic rings. The third-order valence-corrected chi connectivity index (χ3v) is 5.22. The van der Waals surface area contributed by atoms with Crippen molar-refractivity contribution in [2.45, 2.75) is 45.6 Å². The minimum atomic E-state index is -0.639. The third kappa shape index (κ3) is 5.90. The van der Waals surface area contributed by atoms with E-state index in [0.29, 0.717) is 15.9 Å². The van der Waals surface area contributed by atoms with Gasteiger partial charge in [-0.1, -0.05) is 11.6 Å². The van der Waals surface area contributed by atoms with Crippen LogP contribution in [0.1, 0.15) is 26.5 Å². The van der Waals surface area contributed by atoms with Gasteiger partial charge in [-0.05, 0) is 45.0 Å². The highest BCUT2D eigenvalue weighted by atomic mass is 35.5. The Hall–Kier alpha value is -1.67. The molecule has 1 saturated heterocycles. The summed E-state index contributed by atoms with van der Waals surface area (Å²) in [5.41, 5.74) is 0.947. The van der Waals surface area contributed by atoms with Crippen LogP contribution >= 0.6 is 22.9 Å². The van der Waals surface area contributed by atoms with Crippen LogP contribution in [0.4, 0.5) is 5.13 Å². The highest BCUT2D eigenvalue weighted by Gasteiger charge is 2.23. The van der Waals surface area contributed by atoms with E-state index in [1.54, 1.807) is 31.2 Å². The maximum absolute atomic E-state index is 12.3. The number of anilines is 1. The maximum Gasteiger partial charge on any atom is 0.266 e. The number of amides is 1. The van der Waals surface area contributed by atoms with E-state index in [-0.39, 0.29) is 18.1 Å². The normalized spacial score (nSPS) is 21.6. The van der Waals surface area contributed by atoms with Gasteiger partial charge in [0, 0.05) is 30.0 Å². The van der Waals surface area contributed by atoms with Crippen molar-refractivity contribution >= 4 is 34.0 Å². The lowest BCUT2D eigenvalue weighted by Crippen LogP contribution is -2.44. The van der Waals surface area contributed by atoms with E-state index in [2.05, 4.69) is 29.0 Å². The average molecular weight is 410 g/mol. The molecule has 3 atom stereocenters. The standard InChI is InChI=1S/C19H24ClN3O3S/c1-12-8-23(9-13(2)25-12)10-16-11-27-19(21-16)22-18(24)14(3)26-17-6-4-15(20)5-7-17/h4-7,11-14H,8-10H2,1-3H3,(H,21,22,24)/t12-,13-,14+/m1/s1. The number of hydrogen-bond donors (Lipinski definition) is 1. The van der Waals surface area contributed by atoms with Crippen LogP contribution in [0.15, 0.2) is 29.6 Å². The van der Waals surface area contributed by atoms with E-state index >= 15 is 0 Å². The van der Waals surface area contributed by atoms with Gasteiger partial charge in [-0.25, -0.2) is 4.98 Å². The molecule has 2 heterocycles. The van der Waals surface area contributed by atoms with E-state index in [0.717, 1.165) is 25.3 Å². The molecular weight excluding hydrogens is 386 g/mol. The molecule has 0 saturated carbocycles. The van der Waals surface area contributed by atoms with Crippen LogP contribution in [0.2, 0.25) is 5.02 Å². The first-order valence-corrected chi connectivity index (χ1v) is 10.2. The number of nitrogens with zero attached hydrogens (tertiary/aromatic N) is 2. The summed E-state index contributed by atoms with van der Waals surface area (Å²) < 4.78 is 11.4. The fourth-order valence-corrected chi connectivity index (χ4v) is 3.89. The number of nitrogens with one attached hydrogen (secondary N) is 1. The van der Waals surface area contributed by atoms with Gasteiger partial charge < -0.3 is 9.47 Å². The van der Waals surface area contributed by atoms with Gasteiger partial charge in [0.05, 0.1) is 17.9 Å². The van der Waals surface area contributed by atoms with Crippen LogP contribution in [-0.2, 0) is 16.1 Å². The number of halogens is 1. The van der Waals surface area contributed by atoms with Crippen molar-refractivity contribution in [3.63, 3.8) is 0 Å². The molecule has 0 aliphatic carbocycles. The molecular formula is C19H24ClN3O3S. The summed E-state index contributed by atoms with van der Waals surface area (Å²) in [4.78, 5) is 19.2. The molecule has 0 radical (unpaired) electrons. The van der Waals surface area contributed by atoms with E-state index in [1.165, 1.54) is 11.3 Å². The summed E-state index contributed by atoms with van der Waals surface area (Å²) in [5, 5.41) is 6.00. The number of morpholine rings is 1. The number of hydrogen-bond acceptors (Lipinski definition) is 6. The Morgan fingerprint density at radius 1 is 1.37 bits per heavy atom. The Morgan fingerprint density at radius 3 is 2.70 bits per heavy atom. The molecule has 1 amide bonds. The topological polar surface area (TPSA) is 63.7 Å². The predicted octanol–water partition coefficient (Wildman–Crippen LogP) is 3.81. The molecule has 0 spiro atoms. The van der Waals surface area contributed by atoms with Crippen LogP contribution in [0, 0.1) is 0 Å². The summed E-state index contributed by atoms with van der Waals surface area (Å²) in [7, 11) is 0. The fraction of sp³-hybridized carbons (Fsp3) is 0.474. The summed E-state index contributed by atoms with van der Waals surface area (Å²) in [6.45, 7) is 8.39.